The van der Waals surface area contributed by atoms with Gasteiger partial charge < -0.3 is 20.1 Å². The molecule has 5 nitrogen and oxygen atoms in total. The standard InChI is InChI=1S/C16H32N2O3/c1-4-14(3)17-10-12-20-16(8-6-7-9-16)21-13-11-18-15(19)5-2/h14,17H,4-13H2,1-3H3,(H,18,19). The van der Waals surface area contributed by atoms with E-state index in [1.807, 2.05) is 6.92 Å². The molecule has 5 heteroatoms. The van der Waals surface area contributed by atoms with Gasteiger partial charge in [-0.1, -0.05) is 13.8 Å². The Morgan fingerprint density at radius 1 is 1.14 bits per heavy atom. The maximum Gasteiger partial charge on any atom is 0.219 e. The fraction of sp³-hybridized carbons (Fsp3) is 0.938. The van der Waals surface area contributed by atoms with Gasteiger partial charge in [-0.2, -0.15) is 0 Å². The quantitative estimate of drug-likeness (QED) is 0.454. The van der Waals surface area contributed by atoms with E-state index in [9.17, 15) is 4.79 Å². The van der Waals surface area contributed by atoms with Crippen LogP contribution in [0.3, 0.4) is 0 Å². The van der Waals surface area contributed by atoms with Crippen molar-refractivity contribution >= 4 is 5.91 Å². The summed E-state index contributed by atoms with van der Waals surface area (Å²) in [5, 5.41) is 6.26. The highest BCUT2D eigenvalue weighted by Gasteiger charge is 2.35. The number of amides is 1. The SMILES string of the molecule is CCC(=O)NCCOC1(OCCNC(C)CC)CCCC1. The first-order valence-corrected chi connectivity index (χ1v) is 8.40. The minimum Gasteiger partial charge on any atom is -0.354 e. The molecule has 0 aromatic heterocycles. The third-order valence-corrected chi connectivity index (χ3v) is 4.05. The molecule has 2 N–H and O–H groups in total. The van der Waals surface area contributed by atoms with Gasteiger partial charge in [0.2, 0.25) is 5.91 Å². The molecule has 124 valence electrons. The molecule has 1 fully saturated rings. The fourth-order valence-corrected chi connectivity index (χ4v) is 2.48. The van der Waals surface area contributed by atoms with E-state index in [-0.39, 0.29) is 5.91 Å². The second-order valence-corrected chi connectivity index (χ2v) is 5.78. The molecular formula is C16H32N2O3. The Hall–Kier alpha value is -0.650. The number of carbonyl (C=O) groups excluding carboxylic acids is 1. The molecule has 1 aliphatic carbocycles. The summed E-state index contributed by atoms with van der Waals surface area (Å²) in [6, 6.07) is 0.526. The van der Waals surface area contributed by atoms with Crippen molar-refractivity contribution in [2.45, 2.75) is 71.1 Å². The lowest BCUT2D eigenvalue weighted by molar-refractivity contribution is -0.230. The van der Waals surface area contributed by atoms with Crippen LogP contribution < -0.4 is 10.6 Å². The lowest BCUT2D eigenvalue weighted by atomic mass is 10.2. The summed E-state index contributed by atoms with van der Waals surface area (Å²) in [5.74, 6) is -0.355. The Labute approximate surface area is 129 Å². The van der Waals surface area contributed by atoms with Crippen LogP contribution in [-0.2, 0) is 14.3 Å². The van der Waals surface area contributed by atoms with Gasteiger partial charge in [0.05, 0.1) is 13.2 Å². The number of carbonyl (C=O) groups is 1. The van der Waals surface area contributed by atoms with Gasteiger partial charge in [0.15, 0.2) is 5.79 Å². The Morgan fingerprint density at radius 2 is 1.76 bits per heavy atom. The van der Waals surface area contributed by atoms with E-state index in [2.05, 4.69) is 24.5 Å². The molecule has 0 spiro atoms. The summed E-state index contributed by atoms with van der Waals surface area (Å²) < 4.78 is 12.0. The van der Waals surface area contributed by atoms with Crippen molar-refractivity contribution < 1.29 is 14.3 Å². The Balaban J connectivity index is 2.22. The van der Waals surface area contributed by atoms with E-state index in [0.29, 0.717) is 32.2 Å². The minimum absolute atomic E-state index is 0.0674. The van der Waals surface area contributed by atoms with E-state index < -0.39 is 5.79 Å². The van der Waals surface area contributed by atoms with E-state index in [0.717, 1.165) is 38.6 Å². The number of ether oxygens (including phenoxy) is 2. The summed E-state index contributed by atoms with van der Waals surface area (Å²) in [6.07, 6.45) is 5.86. The molecule has 1 aliphatic rings. The molecule has 0 aromatic rings. The van der Waals surface area contributed by atoms with Crippen molar-refractivity contribution in [2.24, 2.45) is 0 Å². The Bertz CT molecular complexity index is 291. The van der Waals surface area contributed by atoms with Gasteiger partial charge in [-0.05, 0) is 26.2 Å². The minimum atomic E-state index is -0.423. The molecule has 21 heavy (non-hydrogen) atoms. The van der Waals surface area contributed by atoms with Crippen LogP contribution >= 0.6 is 0 Å². The van der Waals surface area contributed by atoms with Crippen LogP contribution in [0.2, 0.25) is 0 Å². The van der Waals surface area contributed by atoms with Gasteiger partial charge in [-0.15, -0.1) is 0 Å². The van der Waals surface area contributed by atoms with Gasteiger partial charge in [0, 0.05) is 38.4 Å². The monoisotopic (exact) mass is 300 g/mol. The van der Waals surface area contributed by atoms with Gasteiger partial charge in [-0.25, -0.2) is 0 Å². The second kappa shape index (κ2) is 10.1. The predicted octanol–water partition coefficient (Wildman–Crippen LogP) is 2.20. The lowest BCUT2D eigenvalue weighted by Crippen LogP contribution is -2.39. The molecular weight excluding hydrogens is 268 g/mol. The molecule has 1 amide bonds. The lowest BCUT2D eigenvalue weighted by Gasteiger charge is -2.30. The average molecular weight is 300 g/mol. The van der Waals surface area contributed by atoms with Crippen molar-refractivity contribution in [1.29, 1.82) is 0 Å². The third-order valence-electron chi connectivity index (χ3n) is 4.05. The molecule has 0 heterocycles. The Kier molecular flexibility index (Phi) is 8.88. The Morgan fingerprint density at radius 3 is 2.33 bits per heavy atom. The van der Waals surface area contributed by atoms with Gasteiger partial charge in [0.1, 0.15) is 0 Å². The van der Waals surface area contributed by atoms with Gasteiger partial charge in [0.25, 0.3) is 0 Å². The largest absolute Gasteiger partial charge is 0.354 e. The van der Waals surface area contributed by atoms with Crippen LogP contribution in [0.5, 0.6) is 0 Å². The molecule has 1 unspecified atom stereocenters. The zero-order chi connectivity index (χ0) is 15.6. The van der Waals surface area contributed by atoms with Crippen molar-refractivity contribution in [3.8, 4) is 0 Å². The number of hydrogen-bond donors (Lipinski definition) is 2. The predicted molar refractivity (Wildman–Crippen MR) is 84.2 cm³/mol. The topological polar surface area (TPSA) is 59.6 Å². The van der Waals surface area contributed by atoms with Crippen LogP contribution in [0.1, 0.15) is 59.3 Å². The zero-order valence-electron chi connectivity index (χ0n) is 13.9. The van der Waals surface area contributed by atoms with Crippen molar-refractivity contribution in [2.75, 3.05) is 26.3 Å². The smallest absolute Gasteiger partial charge is 0.219 e. The van der Waals surface area contributed by atoms with Crippen LogP contribution in [0.4, 0.5) is 0 Å². The van der Waals surface area contributed by atoms with Gasteiger partial charge >= 0.3 is 0 Å². The molecule has 0 bridgehead atoms. The molecule has 1 rings (SSSR count). The number of rotatable bonds is 11. The maximum absolute atomic E-state index is 11.2. The molecule has 0 aliphatic heterocycles. The second-order valence-electron chi connectivity index (χ2n) is 5.78. The summed E-state index contributed by atoms with van der Waals surface area (Å²) in [6.45, 7) is 8.80. The van der Waals surface area contributed by atoms with E-state index >= 15 is 0 Å². The van der Waals surface area contributed by atoms with Crippen molar-refractivity contribution in [1.82, 2.24) is 10.6 Å². The summed E-state index contributed by atoms with van der Waals surface area (Å²) >= 11 is 0. The van der Waals surface area contributed by atoms with Crippen molar-refractivity contribution in [3.63, 3.8) is 0 Å². The summed E-state index contributed by atoms with van der Waals surface area (Å²) in [4.78, 5) is 11.2. The first-order valence-electron chi connectivity index (χ1n) is 8.40. The highest BCUT2D eigenvalue weighted by molar-refractivity contribution is 5.75. The molecule has 1 saturated carbocycles. The summed E-state index contributed by atoms with van der Waals surface area (Å²) in [7, 11) is 0. The number of nitrogens with one attached hydrogen (secondary N) is 2. The highest BCUT2D eigenvalue weighted by atomic mass is 16.7. The van der Waals surface area contributed by atoms with Crippen LogP contribution in [0.15, 0.2) is 0 Å². The third kappa shape index (κ3) is 7.25. The molecule has 1 atom stereocenters. The average Bonchev–Trinajstić information content (AvgIpc) is 2.96. The molecule has 0 radical (unpaired) electrons. The van der Waals surface area contributed by atoms with E-state index in [1.165, 1.54) is 0 Å². The van der Waals surface area contributed by atoms with E-state index in [1.54, 1.807) is 0 Å². The highest BCUT2D eigenvalue weighted by Crippen LogP contribution is 2.34. The first kappa shape index (κ1) is 18.4. The van der Waals surface area contributed by atoms with E-state index in [4.69, 9.17) is 9.47 Å². The van der Waals surface area contributed by atoms with Crippen molar-refractivity contribution in [3.05, 3.63) is 0 Å². The summed E-state index contributed by atoms with van der Waals surface area (Å²) in [5.41, 5.74) is 0. The normalized spacial score (nSPS) is 18.6. The number of hydrogen-bond acceptors (Lipinski definition) is 4. The molecule has 0 saturated heterocycles. The van der Waals surface area contributed by atoms with Crippen LogP contribution in [0, 0.1) is 0 Å². The van der Waals surface area contributed by atoms with Crippen LogP contribution in [-0.4, -0.2) is 44.0 Å². The zero-order valence-corrected chi connectivity index (χ0v) is 13.9. The van der Waals surface area contributed by atoms with Gasteiger partial charge in [-0.3, -0.25) is 4.79 Å². The first-order chi connectivity index (χ1) is 10.1. The van der Waals surface area contributed by atoms with Crippen LogP contribution in [0.25, 0.3) is 0 Å². The fourth-order valence-electron chi connectivity index (χ4n) is 2.48. The molecule has 0 aromatic carbocycles. The maximum atomic E-state index is 11.2.